The molecule has 2 aromatic heterocycles. The first kappa shape index (κ1) is 19.0. The molecule has 30 heavy (non-hydrogen) atoms. The lowest BCUT2D eigenvalue weighted by atomic mass is 10.1. The lowest BCUT2D eigenvalue weighted by Crippen LogP contribution is -2.02. The molecule has 146 valence electrons. The Balaban J connectivity index is 1.65. The van der Waals surface area contributed by atoms with Gasteiger partial charge in [0.15, 0.2) is 0 Å². The summed E-state index contributed by atoms with van der Waals surface area (Å²) in [6.45, 7) is 0. The summed E-state index contributed by atoms with van der Waals surface area (Å²) in [6, 6.07) is 23.6. The second-order valence-electron chi connectivity index (χ2n) is 6.56. The first-order chi connectivity index (χ1) is 14.7. The molecule has 0 aliphatic rings. The highest BCUT2D eigenvalue weighted by Gasteiger charge is 2.08. The van der Waals surface area contributed by atoms with Crippen molar-refractivity contribution in [2.24, 2.45) is 0 Å². The van der Waals surface area contributed by atoms with E-state index in [1.807, 2.05) is 97.1 Å². The average Bonchev–Trinajstić information content (AvgIpc) is 2.77. The van der Waals surface area contributed by atoms with Gasteiger partial charge in [-0.25, -0.2) is 19.9 Å². The van der Waals surface area contributed by atoms with Crippen LogP contribution in [-0.2, 0) is 0 Å². The molecule has 0 saturated heterocycles. The number of aromatic nitrogens is 4. The highest BCUT2D eigenvalue weighted by molar-refractivity contribution is 5.73. The van der Waals surface area contributed by atoms with Gasteiger partial charge in [0.1, 0.15) is 0 Å². The van der Waals surface area contributed by atoms with Crippen LogP contribution in [0.5, 0.6) is 0 Å². The zero-order chi connectivity index (χ0) is 20.8. The molecule has 6 nitrogen and oxygen atoms in total. The normalized spacial score (nSPS) is 11.3. The molecule has 0 aliphatic carbocycles. The fourth-order valence-corrected chi connectivity index (χ4v) is 2.90. The fraction of sp³-hybridized carbons (Fsp3) is 0. The van der Waals surface area contributed by atoms with Gasteiger partial charge in [0, 0.05) is 0 Å². The van der Waals surface area contributed by atoms with Gasteiger partial charge in [0.05, 0.1) is 22.8 Å². The maximum atomic E-state index is 5.93. The SMILES string of the molecule is Nc1nc(/C=C\c2ccccc2)cc(-c2cc(/C=C/c3ccccc3)nc(N)n2)n1. The summed E-state index contributed by atoms with van der Waals surface area (Å²) >= 11 is 0. The summed E-state index contributed by atoms with van der Waals surface area (Å²) < 4.78 is 0. The third-order valence-corrected chi connectivity index (χ3v) is 4.28. The summed E-state index contributed by atoms with van der Waals surface area (Å²) in [5, 5.41) is 0. The predicted octanol–water partition coefficient (Wildman–Crippen LogP) is 4.44. The Morgan fingerprint density at radius 1 is 0.500 bits per heavy atom. The van der Waals surface area contributed by atoms with E-state index in [-0.39, 0.29) is 11.9 Å². The van der Waals surface area contributed by atoms with Crippen molar-refractivity contribution >= 4 is 36.2 Å². The van der Waals surface area contributed by atoms with Gasteiger partial charge in [-0.15, -0.1) is 0 Å². The molecule has 0 unspecified atom stereocenters. The molecule has 0 fully saturated rings. The third-order valence-electron chi connectivity index (χ3n) is 4.28. The molecule has 2 heterocycles. The molecule has 0 amide bonds. The molecule has 4 aromatic rings. The van der Waals surface area contributed by atoms with Crippen LogP contribution in [0.4, 0.5) is 11.9 Å². The van der Waals surface area contributed by atoms with E-state index in [2.05, 4.69) is 19.9 Å². The molecular weight excluding hydrogens is 372 g/mol. The van der Waals surface area contributed by atoms with Gasteiger partial charge < -0.3 is 11.5 Å². The smallest absolute Gasteiger partial charge is 0.221 e. The molecule has 4 N–H and O–H groups in total. The van der Waals surface area contributed by atoms with Gasteiger partial charge in [-0.1, -0.05) is 72.8 Å². The second kappa shape index (κ2) is 8.79. The van der Waals surface area contributed by atoms with Crippen LogP contribution < -0.4 is 11.5 Å². The van der Waals surface area contributed by atoms with Gasteiger partial charge in [0.25, 0.3) is 0 Å². The van der Waals surface area contributed by atoms with E-state index in [0.717, 1.165) is 11.1 Å². The Kier molecular flexibility index (Phi) is 5.57. The van der Waals surface area contributed by atoms with E-state index < -0.39 is 0 Å². The van der Waals surface area contributed by atoms with Crippen molar-refractivity contribution in [3.05, 3.63) is 95.3 Å². The Morgan fingerprint density at radius 3 is 1.30 bits per heavy atom. The van der Waals surface area contributed by atoms with E-state index in [4.69, 9.17) is 11.5 Å². The standard InChI is InChI=1S/C24H20N6/c25-23-27-19(13-11-17-7-3-1-4-8-17)15-21(29-23)22-16-20(28-24(26)30-22)14-12-18-9-5-2-6-10-18/h1-16H,(H2,25,27,29)(H2,26,28,30)/b13-11-,14-12+. The molecule has 0 bridgehead atoms. The van der Waals surface area contributed by atoms with Gasteiger partial charge >= 0.3 is 0 Å². The van der Waals surface area contributed by atoms with E-state index in [1.54, 1.807) is 0 Å². The Hall–Kier alpha value is -4.32. The van der Waals surface area contributed by atoms with Gasteiger partial charge in [-0.3, -0.25) is 0 Å². The minimum atomic E-state index is 0.166. The summed E-state index contributed by atoms with van der Waals surface area (Å²) in [5.41, 5.74) is 16.5. The number of rotatable bonds is 5. The van der Waals surface area contributed by atoms with Crippen LogP contribution in [0.2, 0.25) is 0 Å². The van der Waals surface area contributed by atoms with Gasteiger partial charge in [-0.2, -0.15) is 0 Å². The molecule has 0 radical (unpaired) electrons. The highest BCUT2D eigenvalue weighted by atomic mass is 15.0. The van der Waals surface area contributed by atoms with E-state index in [0.29, 0.717) is 22.8 Å². The van der Waals surface area contributed by atoms with Gasteiger partial charge in [-0.05, 0) is 35.4 Å². The van der Waals surface area contributed by atoms with Crippen LogP contribution in [0, 0.1) is 0 Å². The van der Waals surface area contributed by atoms with E-state index in [9.17, 15) is 0 Å². The maximum absolute atomic E-state index is 5.93. The van der Waals surface area contributed by atoms with Crippen LogP contribution >= 0.6 is 0 Å². The second-order valence-corrected chi connectivity index (χ2v) is 6.56. The van der Waals surface area contributed by atoms with Crippen molar-refractivity contribution in [1.29, 1.82) is 0 Å². The first-order valence-corrected chi connectivity index (χ1v) is 9.41. The number of nitrogens with two attached hydrogens (primary N) is 2. The number of hydrogen-bond donors (Lipinski definition) is 2. The molecule has 0 aliphatic heterocycles. The van der Waals surface area contributed by atoms with Crippen molar-refractivity contribution in [2.45, 2.75) is 0 Å². The first-order valence-electron chi connectivity index (χ1n) is 9.41. The number of hydrogen-bond acceptors (Lipinski definition) is 6. The highest BCUT2D eigenvalue weighted by Crippen LogP contribution is 2.20. The lowest BCUT2D eigenvalue weighted by Gasteiger charge is -2.05. The molecule has 4 rings (SSSR count). The zero-order valence-corrected chi connectivity index (χ0v) is 16.2. The van der Waals surface area contributed by atoms with E-state index in [1.165, 1.54) is 0 Å². The van der Waals surface area contributed by atoms with Crippen molar-refractivity contribution < 1.29 is 0 Å². The van der Waals surface area contributed by atoms with Crippen molar-refractivity contribution in [3.63, 3.8) is 0 Å². The van der Waals surface area contributed by atoms with Crippen LogP contribution in [0.15, 0.2) is 72.8 Å². The summed E-state index contributed by atoms with van der Waals surface area (Å²) in [6.07, 6.45) is 7.71. The average molecular weight is 392 g/mol. The molecule has 0 saturated carbocycles. The molecule has 0 atom stereocenters. The number of anilines is 2. The lowest BCUT2D eigenvalue weighted by molar-refractivity contribution is 1.13. The maximum Gasteiger partial charge on any atom is 0.221 e. The van der Waals surface area contributed by atoms with E-state index >= 15 is 0 Å². The van der Waals surface area contributed by atoms with Gasteiger partial charge in [0.2, 0.25) is 11.9 Å². The Labute approximate surface area is 174 Å². The van der Waals surface area contributed by atoms with Crippen molar-refractivity contribution in [1.82, 2.24) is 19.9 Å². The largest absolute Gasteiger partial charge is 0.368 e. The van der Waals surface area contributed by atoms with Crippen LogP contribution in [0.25, 0.3) is 35.7 Å². The minimum absolute atomic E-state index is 0.166. The minimum Gasteiger partial charge on any atom is -0.368 e. The van der Waals surface area contributed by atoms with Crippen LogP contribution in [0.3, 0.4) is 0 Å². The van der Waals surface area contributed by atoms with Crippen molar-refractivity contribution in [3.8, 4) is 11.4 Å². The number of nitrogens with zero attached hydrogens (tertiary/aromatic N) is 4. The molecule has 2 aromatic carbocycles. The summed E-state index contributed by atoms with van der Waals surface area (Å²) in [5.74, 6) is 0.331. The fourth-order valence-electron chi connectivity index (χ4n) is 2.90. The monoisotopic (exact) mass is 392 g/mol. The van der Waals surface area contributed by atoms with Crippen LogP contribution in [0.1, 0.15) is 22.5 Å². The Bertz CT molecular complexity index is 1100. The number of nitrogen functional groups attached to an aromatic ring is 2. The zero-order valence-electron chi connectivity index (χ0n) is 16.2. The van der Waals surface area contributed by atoms with Crippen LogP contribution in [-0.4, -0.2) is 19.9 Å². The summed E-state index contributed by atoms with van der Waals surface area (Å²) in [7, 11) is 0. The molecule has 6 heteroatoms. The van der Waals surface area contributed by atoms with Crippen molar-refractivity contribution in [2.75, 3.05) is 11.5 Å². The third kappa shape index (κ3) is 4.94. The topological polar surface area (TPSA) is 104 Å². The quantitative estimate of drug-likeness (QED) is 0.520. The predicted molar refractivity (Wildman–Crippen MR) is 123 cm³/mol. The molecular formula is C24H20N6. The Morgan fingerprint density at radius 2 is 0.900 bits per heavy atom. The molecule has 0 spiro atoms. The summed E-state index contributed by atoms with van der Waals surface area (Å²) in [4.78, 5) is 17.2. The number of benzene rings is 2.